The van der Waals surface area contributed by atoms with Crippen LogP contribution < -0.4 is 9.46 Å². The van der Waals surface area contributed by atoms with E-state index in [9.17, 15) is 13.2 Å². The Bertz CT molecular complexity index is 495. The van der Waals surface area contributed by atoms with Crippen LogP contribution in [-0.2, 0) is 14.8 Å². The van der Waals surface area contributed by atoms with Gasteiger partial charge in [-0.3, -0.25) is 0 Å². The molecule has 18 heavy (non-hydrogen) atoms. The van der Waals surface area contributed by atoms with Crippen molar-refractivity contribution in [2.24, 2.45) is 0 Å². The molecule has 1 amide bonds. The van der Waals surface area contributed by atoms with Crippen LogP contribution in [0.4, 0.5) is 4.79 Å². The maximum atomic E-state index is 11.7. The van der Waals surface area contributed by atoms with E-state index in [1.807, 2.05) is 6.92 Å². The highest BCUT2D eigenvalue weighted by Gasteiger charge is 2.17. The summed E-state index contributed by atoms with van der Waals surface area (Å²) in [4.78, 5) is 11.0. The zero-order chi connectivity index (χ0) is 13.6. The zero-order valence-electron chi connectivity index (χ0n) is 10.2. The van der Waals surface area contributed by atoms with Gasteiger partial charge in [0.2, 0.25) is 0 Å². The maximum absolute atomic E-state index is 11.7. The highest BCUT2D eigenvalue weighted by molar-refractivity contribution is 7.90. The molecule has 0 aromatic heterocycles. The van der Waals surface area contributed by atoms with Crippen molar-refractivity contribution in [2.45, 2.75) is 18.7 Å². The Balaban J connectivity index is 2.82. The first-order valence-electron chi connectivity index (χ1n) is 5.42. The van der Waals surface area contributed by atoms with Crippen LogP contribution in [0.2, 0.25) is 0 Å². The number of sulfonamides is 1. The van der Waals surface area contributed by atoms with E-state index in [4.69, 9.17) is 4.74 Å². The molecule has 100 valence electrons. The van der Waals surface area contributed by atoms with Gasteiger partial charge in [0, 0.05) is 0 Å². The first-order valence-corrected chi connectivity index (χ1v) is 6.90. The van der Waals surface area contributed by atoms with Crippen molar-refractivity contribution < 1.29 is 22.7 Å². The third kappa shape index (κ3) is 3.92. The topological polar surface area (TPSA) is 81.7 Å². The third-order valence-electron chi connectivity index (χ3n) is 1.94. The first-order chi connectivity index (χ1) is 8.49. The van der Waals surface area contributed by atoms with E-state index < -0.39 is 16.1 Å². The van der Waals surface area contributed by atoms with E-state index >= 15 is 0 Å². The second kappa shape index (κ2) is 6.25. The Labute approximate surface area is 106 Å². The fourth-order valence-electron chi connectivity index (χ4n) is 1.21. The summed E-state index contributed by atoms with van der Waals surface area (Å²) in [7, 11) is -3.89. The summed E-state index contributed by atoms with van der Waals surface area (Å²) < 4.78 is 35.0. The fourth-order valence-corrected chi connectivity index (χ4v) is 2.10. The zero-order valence-corrected chi connectivity index (χ0v) is 11.0. The van der Waals surface area contributed by atoms with Crippen molar-refractivity contribution in [3.63, 3.8) is 0 Å². The lowest BCUT2D eigenvalue weighted by Crippen LogP contribution is -2.31. The number of carbonyl (C=O) groups excluding carboxylic acids is 1. The van der Waals surface area contributed by atoms with Crippen LogP contribution in [0.5, 0.6) is 5.75 Å². The average molecular weight is 273 g/mol. The highest BCUT2D eigenvalue weighted by Crippen LogP contribution is 2.15. The molecule has 0 aliphatic heterocycles. The largest absolute Gasteiger partial charge is 0.494 e. The van der Waals surface area contributed by atoms with Crippen molar-refractivity contribution in [2.75, 3.05) is 13.2 Å². The minimum Gasteiger partial charge on any atom is -0.494 e. The highest BCUT2D eigenvalue weighted by atomic mass is 32.2. The van der Waals surface area contributed by atoms with Gasteiger partial charge in [0.1, 0.15) is 5.75 Å². The van der Waals surface area contributed by atoms with Crippen molar-refractivity contribution in [3.05, 3.63) is 24.3 Å². The van der Waals surface area contributed by atoms with Gasteiger partial charge >= 0.3 is 6.09 Å². The summed E-state index contributed by atoms with van der Waals surface area (Å²) in [5.41, 5.74) is 0. The molecule has 1 aromatic carbocycles. The number of hydrogen-bond donors (Lipinski definition) is 1. The molecule has 1 aromatic rings. The number of hydrogen-bond acceptors (Lipinski definition) is 5. The minimum atomic E-state index is -3.89. The molecule has 0 fully saturated rings. The summed E-state index contributed by atoms with van der Waals surface area (Å²) in [6.45, 7) is 4.01. The van der Waals surface area contributed by atoms with Crippen LogP contribution in [0.1, 0.15) is 13.8 Å². The number of nitrogens with one attached hydrogen (secondary N) is 1. The van der Waals surface area contributed by atoms with E-state index in [1.54, 1.807) is 11.6 Å². The average Bonchev–Trinajstić information content (AvgIpc) is 2.29. The third-order valence-corrected chi connectivity index (χ3v) is 3.27. The summed E-state index contributed by atoms with van der Waals surface area (Å²) in [6.07, 6.45) is -0.994. The summed E-state index contributed by atoms with van der Waals surface area (Å²) in [5.74, 6) is 0.563. The Morgan fingerprint density at radius 3 is 2.28 bits per heavy atom. The van der Waals surface area contributed by atoms with Crippen LogP contribution in [-0.4, -0.2) is 27.7 Å². The van der Waals surface area contributed by atoms with Crippen LogP contribution in [0, 0.1) is 0 Å². The molecule has 0 radical (unpaired) electrons. The predicted molar refractivity (Wildman–Crippen MR) is 65.0 cm³/mol. The van der Waals surface area contributed by atoms with Crippen LogP contribution in [0.25, 0.3) is 0 Å². The maximum Gasteiger partial charge on any atom is 0.421 e. The molecule has 0 unspecified atom stereocenters. The van der Waals surface area contributed by atoms with Gasteiger partial charge in [0.15, 0.2) is 0 Å². The van der Waals surface area contributed by atoms with E-state index in [-0.39, 0.29) is 11.5 Å². The molecule has 0 saturated heterocycles. The van der Waals surface area contributed by atoms with Gasteiger partial charge in [0.25, 0.3) is 10.0 Å². The lowest BCUT2D eigenvalue weighted by molar-refractivity contribution is 0.158. The second-order valence-electron chi connectivity index (χ2n) is 3.23. The monoisotopic (exact) mass is 273 g/mol. The Hall–Kier alpha value is -1.76. The SMILES string of the molecule is CCOC(=O)NS(=O)(=O)c1ccc(OCC)cc1. The fraction of sp³-hybridized carbons (Fsp3) is 0.364. The van der Waals surface area contributed by atoms with E-state index in [0.29, 0.717) is 12.4 Å². The van der Waals surface area contributed by atoms with Gasteiger partial charge in [-0.2, -0.15) is 0 Å². The quantitative estimate of drug-likeness (QED) is 0.879. The lowest BCUT2D eigenvalue weighted by Gasteiger charge is -2.07. The molecule has 0 bridgehead atoms. The number of amides is 1. The summed E-state index contributed by atoms with van der Waals surface area (Å²) in [5, 5.41) is 0. The second-order valence-corrected chi connectivity index (χ2v) is 4.91. The van der Waals surface area contributed by atoms with E-state index in [2.05, 4.69) is 4.74 Å². The van der Waals surface area contributed by atoms with Crippen LogP contribution >= 0.6 is 0 Å². The number of carbonyl (C=O) groups is 1. The van der Waals surface area contributed by atoms with Crippen LogP contribution in [0.3, 0.4) is 0 Å². The van der Waals surface area contributed by atoms with Gasteiger partial charge < -0.3 is 9.47 Å². The van der Waals surface area contributed by atoms with Gasteiger partial charge in [-0.15, -0.1) is 0 Å². The smallest absolute Gasteiger partial charge is 0.421 e. The molecule has 0 aliphatic carbocycles. The van der Waals surface area contributed by atoms with Crippen molar-refractivity contribution >= 4 is 16.1 Å². The number of ether oxygens (including phenoxy) is 2. The van der Waals surface area contributed by atoms with Crippen molar-refractivity contribution in [1.82, 2.24) is 4.72 Å². The molecule has 0 saturated carbocycles. The lowest BCUT2D eigenvalue weighted by atomic mass is 10.3. The van der Waals surface area contributed by atoms with Gasteiger partial charge in [-0.25, -0.2) is 17.9 Å². The van der Waals surface area contributed by atoms with Crippen molar-refractivity contribution in [1.29, 1.82) is 0 Å². The van der Waals surface area contributed by atoms with E-state index in [1.165, 1.54) is 24.3 Å². The van der Waals surface area contributed by atoms with Crippen LogP contribution in [0.15, 0.2) is 29.2 Å². The van der Waals surface area contributed by atoms with Crippen molar-refractivity contribution in [3.8, 4) is 5.75 Å². The molecule has 7 heteroatoms. The standard InChI is InChI=1S/C11H15NO5S/c1-3-16-9-5-7-10(8-6-9)18(14,15)12-11(13)17-4-2/h5-8H,3-4H2,1-2H3,(H,12,13). The number of benzene rings is 1. The molecule has 1 N–H and O–H groups in total. The molecular weight excluding hydrogens is 258 g/mol. The first kappa shape index (κ1) is 14.3. The summed E-state index contributed by atoms with van der Waals surface area (Å²) in [6, 6.07) is 5.74. The molecule has 6 nitrogen and oxygen atoms in total. The molecule has 0 heterocycles. The molecule has 0 atom stereocenters. The van der Waals surface area contributed by atoms with Gasteiger partial charge in [0.05, 0.1) is 18.1 Å². The van der Waals surface area contributed by atoms with E-state index in [0.717, 1.165) is 0 Å². The van der Waals surface area contributed by atoms with Gasteiger partial charge in [-0.1, -0.05) is 0 Å². The Kier molecular flexibility index (Phi) is 4.96. The molecule has 0 aliphatic rings. The normalized spacial score (nSPS) is 10.8. The Morgan fingerprint density at radius 2 is 1.78 bits per heavy atom. The molecule has 1 rings (SSSR count). The molecule has 0 spiro atoms. The number of rotatable bonds is 5. The Morgan fingerprint density at radius 1 is 1.17 bits per heavy atom. The molecular formula is C11H15NO5S. The predicted octanol–water partition coefficient (Wildman–Crippen LogP) is 1.52. The van der Waals surface area contributed by atoms with Gasteiger partial charge in [-0.05, 0) is 38.1 Å². The summed E-state index contributed by atoms with van der Waals surface area (Å²) >= 11 is 0. The minimum absolute atomic E-state index is 0.0287.